The lowest BCUT2D eigenvalue weighted by Crippen LogP contribution is -2.37. The predicted molar refractivity (Wildman–Crippen MR) is 184 cm³/mol. The summed E-state index contributed by atoms with van der Waals surface area (Å²) in [6, 6.07) is 0. The highest BCUT2D eigenvalue weighted by Crippen LogP contribution is 2.15. The Hall–Kier alpha value is -0.790. The molecule has 0 aliphatic heterocycles. The fourth-order valence-electron chi connectivity index (χ4n) is 6.50. The number of aromatic nitrogens is 2. The van der Waals surface area contributed by atoms with Crippen molar-refractivity contribution in [1.82, 2.24) is 4.57 Å². The molecular weight excluding hydrogens is 496 g/mol. The maximum Gasteiger partial charge on any atom is 0.256 e. The molecule has 0 fully saturated rings. The van der Waals surface area contributed by atoms with Gasteiger partial charge in [-0.1, -0.05) is 181 Å². The molecule has 0 amide bonds. The number of rotatable bonds is 33. The van der Waals surface area contributed by atoms with E-state index in [4.69, 9.17) is 0 Å². The van der Waals surface area contributed by atoms with Gasteiger partial charge in [-0.3, -0.25) is 0 Å². The Balaban J connectivity index is 2.12. The summed E-state index contributed by atoms with van der Waals surface area (Å²) in [6.45, 7) is 9.40. The Morgan fingerprint density at radius 3 is 1.17 bits per heavy atom. The lowest BCUT2D eigenvalue weighted by molar-refractivity contribution is -0.704. The van der Waals surface area contributed by atoms with E-state index < -0.39 is 0 Å². The van der Waals surface area contributed by atoms with Crippen molar-refractivity contribution in [3.63, 3.8) is 0 Å². The van der Waals surface area contributed by atoms with Gasteiger partial charge in [0.05, 0.1) is 13.1 Å². The molecule has 242 valence electrons. The zero-order valence-corrected chi connectivity index (χ0v) is 28.9. The lowest BCUT2D eigenvalue weighted by Gasteiger charge is -2.07. The molecule has 0 N–H and O–H groups in total. The molecule has 0 radical (unpaired) electrons. The topological polar surface area (TPSA) is 8.81 Å². The van der Waals surface area contributed by atoms with Gasteiger partial charge in [0.15, 0.2) is 0 Å². The largest absolute Gasteiger partial charge is 0.256 e. The minimum atomic E-state index is 1.23. The van der Waals surface area contributed by atoms with Crippen LogP contribution in [0.2, 0.25) is 0 Å². The SMILES string of the molecule is CCCCCCCCCCCCCCCCn1cc[n+](CCCCCCCCCCCCCCC)c1CCCCC. The molecule has 1 heterocycles. The molecule has 0 aromatic carbocycles. The second-order valence-electron chi connectivity index (χ2n) is 13.4. The van der Waals surface area contributed by atoms with E-state index in [-0.39, 0.29) is 0 Å². The standard InChI is InChI=1S/C39H77N2/c1-4-7-10-12-14-16-18-20-22-24-26-28-30-33-36-41-38-37-40(39(41)34-31-9-6-3)35-32-29-27-25-23-21-19-17-15-13-11-8-5-2/h37-38H,4-36H2,1-3H3/q+1. The zero-order chi connectivity index (χ0) is 29.5. The minimum absolute atomic E-state index is 1.23. The molecule has 2 heteroatoms. The summed E-state index contributed by atoms with van der Waals surface area (Å²) in [7, 11) is 0. The molecule has 1 aromatic rings. The third kappa shape index (κ3) is 23.4. The van der Waals surface area contributed by atoms with Crippen LogP contribution in [0.25, 0.3) is 0 Å². The zero-order valence-electron chi connectivity index (χ0n) is 28.9. The van der Waals surface area contributed by atoms with Gasteiger partial charge >= 0.3 is 0 Å². The molecule has 0 saturated carbocycles. The quantitative estimate of drug-likeness (QED) is 0.0584. The third-order valence-electron chi connectivity index (χ3n) is 9.35. The average Bonchev–Trinajstić information content (AvgIpc) is 3.37. The van der Waals surface area contributed by atoms with Crippen molar-refractivity contribution < 1.29 is 4.57 Å². The third-order valence-corrected chi connectivity index (χ3v) is 9.35. The summed E-state index contributed by atoms with van der Waals surface area (Å²) in [6.07, 6.45) is 48.9. The molecular formula is C39H77N2+. The first kappa shape index (κ1) is 38.2. The van der Waals surface area contributed by atoms with Crippen LogP contribution in [-0.2, 0) is 19.5 Å². The van der Waals surface area contributed by atoms with Crippen LogP contribution in [0, 0.1) is 0 Å². The summed E-state index contributed by atoms with van der Waals surface area (Å²) in [5.74, 6) is 1.60. The van der Waals surface area contributed by atoms with Crippen LogP contribution in [0.1, 0.15) is 219 Å². The van der Waals surface area contributed by atoms with Crippen LogP contribution < -0.4 is 4.57 Å². The second-order valence-corrected chi connectivity index (χ2v) is 13.4. The average molecular weight is 574 g/mol. The van der Waals surface area contributed by atoms with Crippen LogP contribution in [0.4, 0.5) is 0 Å². The molecule has 0 atom stereocenters. The van der Waals surface area contributed by atoms with Gasteiger partial charge in [-0.15, -0.1) is 0 Å². The monoisotopic (exact) mass is 574 g/mol. The van der Waals surface area contributed by atoms with E-state index in [0.29, 0.717) is 0 Å². The lowest BCUT2D eigenvalue weighted by atomic mass is 10.0. The van der Waals surface area contributed by atoms with E-state index in [9.17, 15) is 0 Å². The van der Waals surface area contributed by atoms with Crippen molar-refractivity contribution in [2.24, 2.45) is 0 Å². The van der Waals surface area contributed by atoms with Gasteiger partial charge < -0.3 is 0 Å². The van der Waals surface area contributed by atoms with Gasteiger partial charge in [0.2, 0.25) is 0 Å². The van der Waals surface area contributed by atoms with Gasteiger partial charge in [-0.2, -0.15) is 0 Å². The Labute approximate surface area is 259 Å². The van der Waals surface area contributed by atoms with Gasteiger partial charge in [0.25, 0.3) is 5.82 Å². The summed E-state index contributed by atoms with van der Waals surface area (Å²) in [5, 5.41) is 0. The van der Waals surface area contributed by atoms with E-state index in [1.807, 2.05) is 0 Å². The highest BCUT2D eigenvalue weighted by molar-refractivity contribution is 4.84. The first-order valence-electron chi connectivity index (χ1n) is 19.4. The number of hydrogen-bond donors (Lipinski definition) is 0. The molecule has 0 saturated heterocycles. The second kappa shape index (κ2) is 30.7. The molecule has 0 spiro atoms. The van der Waals surface area contributed by atoms with E-state index in [0.717, 1.165) is 0 Å². The highest BCUT2D eigenvalue weighted by Gasteiger charge is 2.16. The first-order valence-corrected chi connectivity index (χ1v) is 19.4. The number of nitrogens with zero attached hydrogens (tertiary/aromatic N) is 2. The van der Waals surface area contributed by atoms with Crippen LogP contribution in [0.5, 0.6) is 0 Å². The maximum atomic E-state index is 2.61. The summed E-state index contributed by atoms with van der Waals surface area (Å²) >= 11 is 0. The van der Waals surface area contributed by atoms with Crippen molar-refractivity contribution in [3.8, 4) is 0 Å². The molecule has 0 aliphatic carbocycles. The Morgan fingerprint density at radius 1 is 0.415 bits per heavy atom. The predicted octanol–water partition coefficient (Wildman–Crippen LogP) is 13.1. The first-order chi connectivity index (χ1) is 20.3. The van der Waals surface area contributed by atoms with E-state index in [1.54, 1.807) is 5.82 Å². The maximum absolute atomic E-state index is 2.61. The van der Waals surface area contributed by atoms with Crippen LogP contribution in [0.3, 0.4) is 0 Å². The molecule has 2 nitrogen and oxygen atoms in total. The molecule has 0 aliphatic rings. The van der Waals surface area contributed by atoms with Gasteiger partial charge in [-0.25, -0.2) is 9.13 Å². The Bertz CT molecular complexity index is 634. The van der Waals surface area contributed by atoms with E-state index >= 15 is 0 Å². The smallest absolute Gasteiger partial charge is 0.234 e. The minimum Gasteiger partial charge on any atom is -0.234 e. The van der Waals surface area contributed by atoms with Crippen LogP contribution in [0.15, 0.2) is 12.4 Å². The number of aryl methyl sites for hydroxylation is 2. The van der Waals surface area contributed by atoms with Crippen LogP contribution >= 0.6 is 0 Å². The van der Waals surface area contributed by atoms with Crippen molar-refractivity contribution >= 4 is 0 Å². The summed E-state index contributed by atoms with van der Waals surface area (Å²) in [4.78, 5) is 0. The molecule has 1 aromatic heterocycles. The van der Waals surface area contributed by atoms with Gasteiger partial charge in [-0.05, 0) is 32.1 Å². The number of imidazole rings is 1. The van der Waals surface area contributed by atoms with Gasteiger partial charge in [0, 0.05) is 6.42 Å². The fourth-order valence-corrected chi connectivity index (χ4v) is 6.50. The number of unbranched alkanes of at least 4 members (excludes halogenated alkanes) is 27. The molecule has 0 bridgehead atoms. The molecule has 1 rings (SSSR count). The fraction of sp³-hybridized carbons (Fsp3) is 0.923. The Morgan fingerprint density at radius 2 is 0.756 bits per heavy atom. The van der Waals surface area contributed by atoms with E-state index in [2.05, 4.69) is 42.3 Å². The van der Waals surface area contributed by atoms with E-state index in [1.165, 1.54) is 212 Å². The van der Waals surface area contributed by atoms with Crippen LogP contribution in [-0.4, -0.2) is 4.57 Å². The Kier molecular flexibility index (Phi) is 28.6. The summed E-state index contributed by atoms with van der Waals surface area (Å²) < 4.78 is 5.22. The van der Waals surface area contributed by atoms with Gasteiger partial charge in [0.1, 0.15) is 12.4 Å². The summed E-state index contributed by atoms with van der Waals surface area (Å²) in [5.41, 5.74) is 0. The highest BCUT2D eigenvalue weighted by atomic mass is 15.1. The van der Waals surface area contributed by atoms with Crippen molar-refractivity contribution in [2.75, 3.05) is 0 Å². The molecule has 0 unspecified atom stereocenters. The van der Waals surface area contributed by atoms with Crippen molar-refractivity contribution in [2.45, 2.75) is 233 Å². The molecule has 41 heavy (non-hydrogen) atoms. The normalized spacial score (nSPS) is 11.6. The number of hydrogen-bond acceptors (Lipinski definition) is 0. The van der Waals surface area contributed by atoms with Crippen molar-refractivity contribution in [3.05, 3.63) is 18.2 Å². The van der Waals surface area contributed by atoms with Crippen molar-refractivity contribution in [1.29, 1.82) is 0 Å².